The summed E-state index contributed by atoms with van der Waals surface area (Å²) in [5, 5.41) is 15.6. The molecule has 1 atom stereocenters. The first-order valence-electron chi connectivity index (χ1n) is 7.26. The number of aromatic nitrogens is 4. The first-order chi connectivity index (χ1) is 11.5. The maximum absolute atomic E-state index is 11.9. The van der Waals surface area contributed by atoms with Crippen LogP contribution in [0.1, 0.15) is 23.9 Å². The summed E-state index contributed by atoms with van der Waals surface area (Å²) in [5.74, 6) is -1.03. The van der Waals surface area contributed by atoms with Gasteiger partial charge in [0, 0.05) is 28.3 Å². The normalized spacial score (nSPS) is 15.0. The number of benzene rings is 1. The molecular formula is C15H11BrCl2N4O2. The number of carbonyl (C=O) groups is 1. The molecule has 24 heavy (non-hydrogen) atoms. The lowest BCUT2D eigenvalue weighted by Crippen LogP contribution is -2.22. The summed E-state index contributed by atoms with van der Waals surface area (Å²) in [6.07, 6.45) is 5.10. The molecule has 9 heteroatoms. The molecule has 3 aromatic rings. The number of nitrogens with zero attached hydrogens (tertiary/aromatic N) is 4. The van der Waals surface area contributed by atoms with Gasteiger partial charge in [-0.05, 0) is 34.8 Å². The molecule has 0 aliphatic carbocycles. The topological polar surface area (TPSA) is 72.9 Å². The molecule has 0 spiro atoms. The number of imidazole rings is 1. The number of rotatable bonds is 3. The molecule has 1 aromatic carbocycles. The minimum absolute atomic E-state index is 0.396. The highest BCUT2D eigenvalue weighted by Crippen LogP contribution is 2.36. The zero-order chi connectivity index (χ0) is 17.0. The second-order valence-electron chi connectivity index (χ2n) is 5.64. The molecule has 0 amide bonds. The summed E-state index contributed by atoms with van der Waals surface area (Å²) in [4.78, 5) is 16.2. The summed E-state index contributed by atoms with van der Waals surface area (Å²) in [6.45, 7) is 0.861. The standard InChI is InChI=1S/C15H11BrCl2N4O2/c16-8-4-9(17)7-5-22(20-12(7)11(8)18)14(15(23)24)13-10-2-1-3-21(10)6-19-13/h4-6,14H,1-3H2,(H,23,24)/t14-/m1/s1. The van der Waals surface area contributed by atoms with E-state index in [1.165, 1.54) is 4.68 Å². The number of carboxylic acids is 1. The number of aliphatic carboxylic acids is 1. The van der Waals surface area contributed by atoms with Crippen molar-refractivity contribution in [1.82, 2.24) is 19.3 Å². The second kappa shape index (κ2) is 5.75. The van der Waals surface area contributed by atoms with Gasteiger partial charge in [0.15, 0.2) is 6.04 Å². The molecule has 2 aromatic heterocycles. The quantitative estimate of drug-likeness (QED) is 0.640. The number of halogens is 3. The number of fused-ring (bicyclic) bond motifs is 2. The summed E-state index contributed by atoms with van der Waals surface area (Å²) >= 11 is 15.8. The molecule has 0 saturated heterocycles. The van der Waals surface area contributed by atoms with Crippen LogP contribution in [0.2, 0.25) is 10.0 Å². The Balaban J connectivity index is 1.91. The van der Waals surface area contributed by atoms with Gasteiger partial charge in [-0.15, -0.1) is 0 Å². The van der Waals surface area contributed by atoms with E-state index in [1.807, 2.05) is 4.57 Å². The average molecular weight is 430 g/mol. The summed E-state index contributed by atoms with van der Waals surface area (Å²) in [7, 11) is 0. The molecule has 0 unspecified atom stereocenters. The fourth-order valence-electron chi connectivity index (χ4n) is 3.11. The smallest absolute Gasteiger partial charge is 0.334 e. The van der Waals surface area contributed by atoms with Gasteiger partial charge in [0.25, 0.3) is 0 Å². The fraction of sp³-hybridized carbons (Fsp3) is 0.267. The van der Waals surface area contributed by atoms with E-state index in [2.05, 4.69) is 26.0 Å². The Morgan fingerprint density at radius 3 is 2.96 bits per heavy atom. The van der Waals surface area contributed by atoms with Crippen LogP contribution in [-0.4, -0.2) is 30.4 Å². The van der Waals surface area contributed by atoms with Crippen molar-refractivity contribution in [3.05, 3.63) is 44.5 Å². The third-order valence-electron chi connectivity index (χ3n) is 4.21. The van der Waals surface area contributed by atoms with E-state index in [1.54, 1.807) is 18.6 Å². The molecule has 124 valence electrons. The predicted molar refractivity (Wildman–Crippen MR) is 93.8 cm³/mol. The second-order valence-corrected chi connectivity index (χ2v) is 7.28. The molecule has 0 saturated carbocycles. The van der Waals surface area contributed by atoms with Crippen molar-refractivity contribution in [2.24, 2.45) is 0 Å². The van der Waals surface area contributed by atoms with Crippen molar-refractivity contribution in [1.29, 1.82) is 0 Å². The first-order valence-corrected chi connectivity index (χ1v) is 8.81. The Hall–Kier alpha value is -1.57. The maximum atomic E-state index is 11.9. The van der Waals surface area contributed by atoms with Gasteiger partial charge in [0.1, 0.15) is 5.52 Å². The third-order valence-corrected chi connectivity index (χ3v) is 5.76. The zero-order valence-electron chi connectivity index (χ0n) is 12.2. The lowest BCUT2D eigenvalue weighted by molar-refractivity contribution is -0.139. The van der Waals surface area contributed by atoms with E-state index in [9.17, 15) is 9.90 Å². The molecule has 0 bridgehead atoms. The monoisotopic (exact) mass is 428 g/mol. The number of carboxylic acid groups (broad SMARTS) is 1. The van der Waals surface area contributed by atoms with Gasteiger partial charge in [-0.1, -0.05) is 23.2 Å². The minimum atomic E-state index is -1.03. The van der Waals surface area contributed by atoms with Crippen molar-refractivity contribution in [3.8, 4) is 0 Å². The van der Waals surface area contributed by atoms with Crippen LogP contribution < -0.4 is 0 Å². The minimum Gasteiger partial charge on any atom is -0.479 e. The van der Waals surface area contributed by atoms with Gasteiger partial charge in [-0.25, -0.2) is 9.78 Å². The molecule has 3 heterocycles. The van der Waals surface area contributed by atoms with Crippen LogP contribution in [0.15, 0.2) is 23.1 Å². The van der Waals surface area contributed by atoms with Crippen molar-refractivity contribution in [2.45, 2.75) is 25.4 Å². The van der Waals surface area contributed by atoms with Crippen LogP contribution in [-0.2, 0) is 17.8 Å². The lowest BCUT2D eigenvalue weighted by atomic mass is 10.1. The highest BCUT2D eigenvalue weighted by atomic mass is 79.9. The maximum Gasteiger partial charge on any atom is 0.334 e. The highest BCUT2D eigenvalue weighted by molar-refractivity contribution is 9.10. The highest BCUT2D eigenvalue weighted by Gasteiger charge is 2.31. The Morgan fingerprint density at radius 1 is 1.42 bits per heavy atom. The van der Waals surface area contributed by atoms with Crippen molar-refractivity contribution < 1.29 is 9.90 Å². The molecule has 4 rings (SSSR count). The Kier molecular flexibility index (Phi) is 3.82. The predicted octanol–water partition coefficient (Wildman–Crippen LogP) is 3.92. The van der Waals surface area contributed by atoms with Gasteiger partial charge >= 0.3 is 5.97 Å². The lowest BCUT2D eigenvalue weighted by Gasteiger charge is -2.12. The molecular weight excluding hydrogens is 419 g/mol. The van der Waals surface area contributed by atoms with Gasteiger partial charge in [0.05, 0.1) is 22.1 Å². The molecule has 0 fully saturated rings. The summed E-state index contributed by atoms with van der Waals surface area (Å²) in [5.41, 5.74) is 1.91. The molecule has 0 radical (unpaired) electrons. The van der Waals surface area contributed by atoms with Crippen LogP contribution in [0, 0.1) is 0 Å². The van der Waals surface area contributed by atoms with Gasteiger partial charge in [-0.3, -0.25) is 4.68 Å². The zero-order valence-corrected chi connectivity index (χ0v) is 15.3. The third kappa shape index (κ3) is 2.34. The van der Waals surface area contributed by atoms with Crippen molar-refractivity contribution in [2.75, 3.05) is 0 Å². The van der Waals surface area contributed by atoms with Crippen molar-refractivity contribution >= 4 is 56.0 Å². The SMILES string of the molecule is O=C(O)[C@@H](c1ncn2c1CCC2)n1cc2c(Cl)cc(Br)c(Cl)c2n1. The Morgan fingerprint density at radius 2 is 2.21 bits per heavy atom. The fourth-order valence-corrected chi connectivity index (χ4v) is 4.10. The van der Waals surface area contributed by atoms with E-state index >= 15 is 0 Å². The van der Waals surface area contributed by atoms with Crippen LogP contribution in [0.3, 0.4) is 0 Å². The molecule has 1 aliphatic heterocycles. The van der Waals surface area contributed by atoms with Crippen LogP contribution in [0.25, 0.3) is 10.9 Å². The molecule has 6 nitrogen and oxygen atoms in total. The van der Waals surface area contributed by atoms with Gasteiger partial charge in [-0.2, -0.15) is 5.10 Å². The molecule has 1 N–H and O–H groups in total. The van der Waals surface area contributed by atoms with Gasteiger partial charge in [0.2, 0.25) is 0 Å². The Bertz CT molecular complexity index is 982. The largest absolute Gasteiger partial charge is 0.479 e. The van der Waals surface area contributed by atoms with E-state index in [0.717, 1.165) is 25.1 Å². The van der Waals surface area contributed by atoms with Crippen molar-refractivity contribution in [3.63, 3.8) is 0 Å². The number of aryl methyl sites for hydroxylation is 1. The average Bonchev–Trinajstić information content (AvgIpc) is 3.21. The van der Waals surface area contributed by atoms with Crippen LogP contribution >= 0.6 is 39.1 Å². The number of hydrogen-bond acceptors (Lipinski definition) is 3. The Labute approximate surface area is 155 Å². The van der Waals surface area contributed by atoms with Crippen LogP contribution in [0.4, 0.5) is 0 Å². The van der Waals surface area contributed by atoms with E-state index < -0.39 is 12.0 Å². The summed E-state index contributed by atoms with van der Waals surface area (Å²) < 4.78 is 3.98. The van der Waals surface area contributed by atoms with Crippen LogP contribution in [0.5, 0.6) is 0 Å². The number of hydrogen-bond donors (Lipinski definition) is 1. The summed E-state index contributed by atoms with van der Waals surface area (Å²) in [6, 6.07) is 0.653. The first kappa shape index (κ1) is 15.9. The van der Waals surface area contributed by atoms with E-state index in [0.29, 0.717) is 31.1 Å². The molecule has 1 aliphatic rings. The van der Waals surface area contributed by atoms with E-state index in [4.69, 9.17) is 23.2 Å². The van der Waals surface area contributed by atoms with E-state index in [-0.39, 0.29) is 0 Å². The van der Waals surface area contributed by atoms with Gasteiger partial charge < -0.3 is 9.67 Å².